The van der Waals surface area contributed by atoms with Gasteiger partial charge in [-0.05, 0) is 24.6 Å². The molecule has 7 nitrogen and oxygen atoms in total. The molecule has 1 saturated heterocycles. The van der Waals surface area contributed by atoms with Gasteiger partial charge < -0.3 is 19.7 Å². The number of aryl methyl sites for hydroxylation is 1. The first-order valence-electron chi connectivity index (χ1n) is 9.81. The van der Waals surface area contributed by atoms with Gasteiger partial charge in [-0.1, -0.05) is 42.1 Å². The molecule has 1 amide bonds. The number of aromatic nitrogens is 2. The number of carbonyl (C=O) groups excluding carboxylic acids is 1. The highest BCUT2D eigenvalue weighted by atomic mass is 32.2. The maximum absolute atomic E-state index is 12.6. The summed E-state index contributed by atoms with van der Waals surface area (Å²) in [4.78, 5) is 14.8. The smallest absolute Gasteiger partial charge is 0.234 e. The number of carbonyl (C=O) groups is 1. The van der Waals surface area contributed by atoms with Gasteiger partial charge in [0.15, 0.2) is 5.82 Å². The highest BCUT2D eigenvalue weighted by molar-refractivity contribution is 8.00. The third-order valence-corrected chi connectivity index (χ3v) is 5.90. The van der Waals surface area contributed by atoms with Crippen LogP contribution in [0, 0.1) is 6.92 Å². The summed E-state index contributed by atoms with van der Waals surface area (Å²) in [6, 6.07) is 13.7. The van der Waals surface area contributed by atoms with E-state index >= 15 is 0 Å². The molecular weight excluding hydrogens is 400 g/mol. The first kappa shape index (κ1) is 20.4. The quantitative estimate of drug-likeness (QED) is 0.607. The van der Waals surface area contributed by atoms with E-state index in [0.717, 1.165) is 40.3 Å². The van der Waals surface area contributed by atoms with Crippen LogP contribution in [-0.4, -0.2) is 55.3 Å². The van der Waals surface area contributed by atoms with Gasteiger partial charge in [-0.2, -0.15) is 0 Å². The van der Waals surface area contributed by atoms with Crippen LogP contribution in [0.5, 0.6) is 5.75 Å². The minimum atomic E-state index is -0.118. The standard InChI is InChI=1S/C22H24N4O3S/c1-15-7-8-19(28-2)18(13-15)23-20(27)14-30-22-17-6-4-3-5-16(17)21(24-25-22)26-9-11-29-12-10-26/h3-8,13H,9-12,14H2,1-2H3,(H,23,27). The predicted molar refractivity (Wildman–Crippen MR) is 120 cm³/mol. The lowest BCUT2D eigenvalue weighted by Crippen LogP contribution is -2.37. The first-order chi connectivity index (χ1) is 14.7. The van der Waals surface area contributed by atoms with Crippen LogP contribution < -0.4 is 15.0 Å². The number of amides is 1. The van der Waals surface area contributed by atoms with Crippen molar-refractivity contribution in [1.82, 2.24) is 10.2 Å². The van der Waals surface area contributed by atoms with Crippen molar-refractivity contribution < 1.29 is 14.3 Å². The summed E-state index contributed by atoms with van der Waals surface area (Å²) in [6.45, 7) is 4.95. The second kappa shape index (κ2) is 9.32. The Labute approximate surface area is 179 Å². The van der Waals surface area contributed by atoms with Crippen LogP contribution in [0.3, 0.4) is 0 Å². The van der Waals surface area contributed by atoms with Crippen LogP contribution in [0.15, 0.2) is 47.5 Å². The Kier molecular flexibility index (Phi) is 6.35. The Morgan fingerprint density at radius 2 is 1.93 bits per heavy atom. The predicted octanol–water partition coefficient (Wildman–Crippen LogP) is 3.51. The van der Waals surface area contributed by atoms with Gasteiger partial charge >= 0.3 is 0 Å². The molecule has 0 bridgehead atoms. The van der Waals surface area contributed by atoms with Gasteiger partial charge in [0.05, 0.1) is 31.8 Å². The average Bonchev–Trinajstić information content (AvgIpc) is 2.78. The fraction of sp³-hybridized carbons (Fsp3) is 0.318. The fourth-order valence-corrected chi connectivity index (χ4v) is 4.19. The van der Waals surface area contributed by atoms with Crippen LogP contribution in [0.25, 0.3) is 10.8 Å². The summed E-state index contributed by atoms with van der Waals surface area (Å²) in [5, 5.41) is 14.6. The lowest BCUT2D eigenvalue weighted by Gasteiger charge is -2.28. The Morgan fingerprint density at radius 1 is 1.17 bits per heavy atom. The number of rotatable bonds is 6. The zero-order chi connectivity index (χ0) is 20.9. The molecule has 3 aromatic rings. The second-order valence-electron chi connectivity index (χ2n) is 7.01. The summed E-state index contributed by atoms with van der Waals surface area (Å²) >= 11 is 1.38. The van der Waals surface area contributed by atoms with Gasteiger partial charge in [0.25, 0.3) is 0 Å². The molecule has 0 aliphatic carbocycles. The number of morpholine rings is 1. The molecule has 1 N–H and O–H groups in total. The van der Waals surface area contributed by atoms with Crippen molar-refractivity contribution in [2.24, 2.45) is 0 Å². The molecule has 4 rings (SSSR count). The van der Waals surface area contributed by atoms with Crippen LogP contribution in [-0.2, 0) is 9.53 Å². The monoisotopic (exact) mass is 424 g/mol. The molecule has 1 aliphatic rings. The molecule has 156 valence electrons. The number of benzene rings is 2. The number of thioether (sulfide) groups is 1. The molecule has 30 heavy (non-hydrogen) atoms. The Balaban J connectivity index is 1.50. The van der Waals surface area contributed by atoms with Gasteiger partial charge in [-0.25, -0.2) is 0 Å². The zero-order valence-corrected chi connectivity index (χ0v) is 17.9. The maximum Gasteiger partial charge on any atom is 0.234 e. The van der Waals surface area contributed by atoms with Crippen molar-refractivity contribution in [3.63, 3.8) is 0 Å². The van der Waals surface area contributed by atoms with E-state index in [9.17, 15) is 4.79 Å². The molecule has 2 aromatic carbocycles. The highest BCUT2D eigenvalue weighted by Crippen LogP contribution is 2.31. The number of nitrogens with zero attached hydrogens (tertiary/aromatic N) is 3. The van der Waals surface area contributed by atoms with Crippen molar-refractivity contribution >= 4 is 39.9 Å². The summed E-state index contributed by atoms with van der Waals surface area (Å²) < 4.78 is 10.8. The van der Waals surface area contributed by atoms with Crippen molar-refractivity contribution in [3.8, 4) is 5.75 Å². The van der Waals surface area contributed by atoms with Crippen molar-refractivity contribution in [3.05, 3.63) is 48.0 Å². The van der Waals surface area contributed by atoms with E-state index in [1.165, 1.54) is 11.8 Å². The second-order valence-corrected chi connectivity index (χ2v) is 7.98. The number of hydrogen-bond acceptors (Lipinski definition) is 7. The van der Waals surface area contributed by atoms with Gasteiger partial charge in [-0.3, -0.25) is 4.79 Å². The van der Waals surface area contributed by atoms with E-state index < -0.39 is 0 Å². The summed E-state index contributed by atoms with van der Waals surface area (Å²) in [5.74, 6) is 1.62. The summed E-state index contributed by atoms with van der Waals surface area (Å²) in [6.07, 6.45) is 0. The average molecular weight is 425 g/mol. The SMILES string of the molecule is COc1ccc(C)cc1NC(=O)CSc1nnc(N2CCOCC2)c2ccccc12. The molecule has 0 atom stereocenters. The topological polar surface area (TPSA) is 76.6 Å². The molecule has 1 aromatic heterocycles. The molecule has 0 spiro atoms. The number of hydrogen-bond donors (Lipinski definition) is 1. The summed E-state index contributed by atoms with van der Waals surface area (Å²) in [7, 11) is 1.59. The molecular formula is C22H24N4O3S. The first-order valence-corrected chi connectivity index (χ1v) is 10.8. The van der Waals surface area contributed by atoms with Crippen molar-refractivity contribution in [2.75, 3.05) is 49.4 Å². The van der Waals surface area contributed by atoms with Crippen LogP contribution in [0.2, 0.25) is 0 Å². The normalized spacial score (nSPS) is 14.0. The molecule has 1 aliphatic heterocycles. The minimum Gasteiger partial charge on any atom is -0.495 e. The summed E-state index contributed by atoms with van der Waals surface area (Å²) in [5.41, 5.74) is 1.72. The zero-order valence-electron chi connectivity index (χ0n) is 17.1. The van der Waals surface area contributed by atoms with E-state index in [0.29, 0.717) is 24.7 Å². The lowest BCUT2D eigenvalue weighted by molar-refractivity contribution is -0.113. The van der Waals surface area contributed by atoms with E-state index in [4.69, 9.17) is 9.47 Å². The van der Waals surface area contributed by atoms with Gasteiger partial charge in [0, 0.05) is 23.9 Å². The Bertz CT molecular complexity index is 1050. The molecule has 0 radical (unpaired) electrons. The van der Waals surface area contributed by atoms with Gasteiger partial charge in [0.1, 0.15) is 10.8 Å². The van der Waals surface area contributed by atoms with Crippen LogP contribution in [0.1, 0.15) is 5.56 Å². The lowest BCUT2D eigenvalue weighted by atomic mass is 10.2. The third-order valence-electron chi connectivity index (χ3n) is 4.91. The molecule has 8 heteroatoms. The van der Waals surface area contributed by atoms with E-state index in [2.05, 4.69) is 26.5 Å². The van der Waals surface area contributed by atoms with E-state index in [-0.39, 0.29) is 11.7 Å². The van der Waals surface area contributed by atoms with Crippen molar-refractivity contribution in [2.45, 2.75) is 11.9 Å². The van der Waals surface area contributed by atoms with E-state index in [1.54, 1.807) is 7.11 Å². The van der Waals surface area contributed by atoms with Gasteiger partial charge in [-0.15, -0.1) is 10.2 Å². The fourth-order valence-electron chi connectivity index (χ4n) is 3.42. The number of anilines is 2. The Hall–Kier alpha value is -2.84. The largest absolute Gasteiger partial charge is 0.495 e. The number of methoxy groups -OCH3 is 1. The van der Waals surface area contributed by atoms with Crippen LogP contribution in [0.4, 0.5) is 11.5 Å². The minimum absolute atomic E-state index is 0.118. The molecule has 2 heterocycles. The third kappa shape index (κ3) is 4.49. The highest BCUT2D eigenvalue weighted by Gasteiger charge is 2.18. The van der Waals surface area contributed by atoms with Gasteiger partial charge in [0.2, 0.25) is 5.91 Å². The van der Waals surface area contributed by atoms with E-state index in [1.807, 2.05) is 43.3 Å². The number of ether oxygens (including phenoxy) is 2. The maximum atomic E-state index is 12.6. The number of fused-ring (bicyclic) bond motifs is 1. The van der Waals surface area contributed by atoms with Crippen LogP contribution >= 0.6 is 11.8 Å². The van der Waals surface area contributed by atoms with Crippen molar-refractivity contribution in [1.29, 1.82) is 0 Å². The molecule has 0 saturated carbocycles. The number of nitrogens with one attached hydrogen (secondary N) is 1. The molecule has 0 unspecified atom stereocenters. The molecule has 1 fully saturated rings. The Morgan fingerprint density at radius 3 is 2.70 bits per heavy atom.